The molecule has 0 amide bonds. The Morgan fingerprint density at radius 1 is 1.19 bits per heavy atom. The van der Waals surface area contributed by atoms with Crippen LogP contribution in [-0.4, -0.2) is 15.0 Å². The van der Waals surface area contributed by atoms with Crippen LogP contribution in [0, 0.1) is 5.82 Å². The number of benzene rings is 2. The van der Waals surface area contributed by atoms with Crippen LogP contribution in [0.1, 0.15) is 5.56 Å². The Morgan fingerprint density at radius 3 is 2.67 bits per heavy atom. The molecular formula is C14H12ClFN2O2S. The molecule has 7 heteroatoms. The number of halogens is 2. The maximum absolute atomic E-state index is 13.4. The molecule has 0 fully saturated rings. The van der Waals surface area contributed by atoms with Crippen LogP contribution in [0.5, 0.6) is 0 Å². The SMILES string of the molecule is Nc1ccc(S(=O)(=O)N2CCc3ccc(F)cc32)c(Cl)c1. The zero-order valence-electron chi connectivity index (χ0n) is 10.9. The van der Waals surface area contributed by atoms with Crippen molar-refractivity contribution in [3.8, 4) is 0 Å². The molecular weight excluding hydrogens is 315 g/mol. The van der Waals surface area contributed by atoms with Crippen LogP contribution in [0.15, 0.2) is 41.3 Å². The lowest BCUT2D eigenvalue weighted by Gasteiger charge is -2.20. The fourth-order valence-electron chi connectivity index (χ4n) is 2.42. The molecule has 0 saturated heterocycles. The maximum Gasteiger partial charge on any atom is 0.265 e. The van der Waals surface area contributed by atoms with Crippen LogP contribution >= 0.6 is 11.6 Å². The summed E-state index contributed by atoms with van der Waals surface area (Å²) in [4.78, 5) is -0.0320. The number of nitrogens with zero attached hydrogens (tertiary/aromatic N) is 1. The number of nitrogen functional groups attached to an aromatic ring is 1. The smallest absolute Gasteiger partial charge is 0.265 e. The Morgan fingerprint density at radius 2 is 1.95 bits per heavy atom. The minimum atomic E-state index is -3.84. The molecule has 1 heterocycles. The van der Waals surface area contributed by atoms with E-state index >= 15 is 0 Å². The summed E-state index contributed by atoms with van der Waals surface area (Å²) in [6, 6.07) is 8.38. The predicted molar refractivity (Wildman–Crippen MR) is 80.5 cm³/mol. The van der Waals surface area contributed by atoms with Gasteiger partial charge in [0.15, 0.2) is 0 Å². The Balaban J connectivity index is 2.11. The minimum Gasteiger partial charge on any atom is -0.399 e. The van der Waals surface area contributed by atoms with Crippen molar-refractivity contribution in [3.05, 3.63) is 52.8 Å². The second kappa shape index (κ2) is 4.89. The fraction of sp³-hybridized carbons (Fsp3) is 0.143. The van der Waals surface area contributed by atoms with Crippen molar-refractivity contribution in [2.45, 2.75) is 11.3 Å². The van der Waals surface area contributed by atoms with E-state index in [-0.39, 0.29) is 16.5 Å². The number of sulfonamides is 1. The zero-order valence-corrected chi connectivity index (χ0v) is 12.5. The molecule has 0 saturated carbocycles. The molecule has 3 rings (SSSR count). The van der Waals surface area contributed by atoms with Gasteiger partial charge in [0.2, 0.25) is 0 Å². The molecule has 1 aliphatic rings. The lowest BCUT2D eigenvalue weighted by Crippen LogP contribution is -2.29. The molecule has 110 valence electrons. The van der Waals surface area contributed by atoms with Gasteiger partial charge in [0.1, 0.15) is 10.7 Å². The average Bonchev–Trinajstić information content (AvgIpc) is 2.81. The highest BCUT2D eigenvalue weighted by atomic mass is 35.5. The highest BCUT2D eigenvalue weighted by molar-refractivity contribution is 7.93. The van der Waals surface area contributed by atoms with Gasteiger partial charge < -0.3 is 5.73 Å². The molecule has 4 nitrogen and oxygen atoms in total. The number of nitrogens with two attached hydrogens (primary N) is 1. The fourth-order valence-corrected chi connectivity index (χ4v) is 4.44. The lowest BCUT2D eigenvalue weighted by atomic mass is 10.2. The van der Waals surface area contributed by atoms with E-state index in [4.69, 9.17) is 17.3 Å². The van der Waals surface area contributed by atoms with Crippen molar-refractivity contribution in [3.63, 3.8) is 0 Å². The first-order valence-electron chi connectivity index (χ1n) is 6.26. The number of anilines is 2. The van der Waals surface area contributed by atoms with E-state index in [9.17, 15) is 12.8 Å². The van der Waals surface area contributed by atoms with E-state index in [0.717, 1.165) is 5.56 Å². The first-order chi connectivity index (χ1) is 9.89. The minimum absolute atomic E-state index is 0.0320. The lowest BCUT2D eigenvalue weighted by molar-refractivity contribution is 0.592. The van der Waals surface area contributed by atoms with Gasteiger partial charge in [-0.25, -0.2) is 12.8 Å². The summed E-state index contributed by atoms with van der Waals surface area (Å²) >= 11 is 5.99. The van der Waals surface area contributed by atoms with Crippen LogP contribution in [-0.2, 0) is 16.4 Å². The van der Waals surface area contributed by atoms with Gasteiger partial charge in [-0.3, -0.25) is 4.31 Å². The molecule has 2 N–H and O–H groups in total. The van der Waals surface area contributed by atoms with Gasteiger partial charge in [-0.15, -0.1) is 0 Å². The van der Waals surface area contributed by atoms with Crippen molar-refractivity contribution >= 4 is 33.0 Å². The van der Waals surface area contributed by atoms with Crippen molar-refractivity contribution in [1.82, 2.24) is 0 Å². The maximum atomic E-state index is 13.4. The molecule has 1 aliphatic heterocycles. The molecule has 0 aromatic heterocycles. The van der Waals surface area contributed by atoms with Crippen molar-refractivity contribution in [2.24, 2.45) is 0 Å². The summed E-state index contributed by atoms with van der Waals surface area (Å²) in [5.41, 5.74) is 7.12. The Bertz CT molecular complexity index is 824. The number of rotatable bonds is 2. The van der Waals surface area contributed by atoms with Crippen molar-refractivity contribution in [2.75, 3.05) is 16.6 Å². The van der Waals surface area contributed by atoms with Gasteiger partial charge in [0.25, 0.3) is 10.0 Å². The first-order valence-corrected chi connectivity index (χ1v) is 8.07. The summed E-state index contributed by atoms with van der Waals surface area (Å²) in [6.07, 6.45) is 0.543. The van der Waals surface area contributed by atoms with Crippen molar-refractivity contribution in [1.29, 1.82) is 0 Å². The normalized spacial score (nSPS) is 14.3. The largest absolute Gasteiger partial charge is 0.399 e. The summed E-state index contributed by atoms with van der Waals surface area (Å²) in [7, 11) is -3.84. The molecule has 0 bridgehead atoms. The van der Waals surface area contributed by atoms with E-state index < -0.39 is 15.8 Å². The second-order valence-electron chi connectivity index (χ2n) is 4.79. The van der Waals surface area contributed by atoms with E-state index in [1.165, 1.54) is 34.6 Å². The molecule has 0 radical (unpaired) electrons. The van der Waals surface area contributed by atoms with Crippen molar-refractivity contribution < 1.29 is 12.8 Å². The molecule has 0 aliphatic carbocycles. The predicted octanol–water partition coefficient (Wildman–Crippen LogP) is 2.81. The van der Waals surface area contributed by atoms with E-state index in [1.54, 1.807) is 6.07 Å². The highest BCUT2D eigenvalue weighted by Gasteiger charge is 2.32. The Kier molecular flexibility index (Phi) is 3.30. The van der Waals surface area contributed by atoms with Crippen LogP contribution in [0.4, 0.5) is 15.8 Å². The topological polar surface area (TPSA) is 63.4 Å². The second-order valence-corrected chi connectivity index (χ2v) is 7.03. The van der Waals surface area contributed by atoms with Crippen LogP contribution in [0.3, 0.4) is 0 Å². The molecule has 0 spiro atoms. The third kappa shape index (κ3) is 2.34. The number of hydrogen-bond acceptors (Lipinski definition) is 3. The highest BCUT2D eigenvalue weighted by Crippen LogP contribution is 2.35. The Hall–Kier alpha value is -1.79. The van der Waals surface area contributed by atoms with E-state index in [2.05, 4.69) is 0 Å². The van der Waals surface area contributed by atoms with Crippen LogP contribution in [0.25, 0.3) is 0 Å². The summed E-state index contributed by atoms with van der Waals surface area (Å²) in [6.45, 7) is 0.266. The quantitative estimate of drug-likeness (QED) is 0.863. The van der Waals surface area contributed by atoms with Gasteiger partial charge in [-0.2, -0.15) is 0 Å². The molecule has 21 heavy (non-hydrogen) atoms. The van der Waals surface area contributed by atoms with E-state index in [1.807, 2.05) is 0 Å². The summed E-state index contributed by atoms with van der Waals surface area (Å²) in [5.74, 6) is -0.473. The summed E-state index contributed by atoms with van der Waals surface area (Å²) in [5, 5.41) is 0.0554. The Labute approximate surface area is 127 Å². The number of fused-ring (bicyclic) bond motifs is 1. The van der Waals surface area contributed by atoms with Gasteiger partial charge in [-0.1, -0.05) is 17.7 Å². The third-order valence-electron chi connectivity index (χ3n) is 3.42. The standard InChI is InChI=1S/C14H12ClFN2O2S/c15-12-8-11(17)3-4-14(12)21(19,20)18-6-5-9-1-2-10(16)7-13(9)18/h1-4,7-8H,5-6,17H2. The number of hydrogen-bond donors (Lipinski definition) is 1. The molecule has 0 unspecified atom stereocenters. The van der Waals surface area contributed by atoms with Crippen LogP contribution in [0.2, 0.25) is 5.02 Å². The molecule has 0 atom stereocenters. The summed E-state index contributed by atoms with van der Waals surface area (Å²) < 4.78 is 40.0. The van der Waals surface area contributed by atoms with Gasteiger partial charge in [0, 0.05) is 12.2 Å². The van der Waals surface area contributed by atoms with Gasteiger partial charge in [-0.05, 0) is 42.3 Å². The monoisotopic (exact) mass is 326 g/mol. The van der Waals surface area contributed by atoms with Gasteiger partial charge >= 0.3 is 0 Å². The van der Waals surface area contributed by atoms with Crippen LogP contribution < -0.4 is 10.0 Å². The molecule has 2 aromatic carbocycles. The molecule has 2 aromatic rings. The third-order valence-corrected chi connectivity index (χ3v) is 5.72. The average molecular weight is 327 g/mol. The van der Waals surface area contributed by atoms with Gasteiger partial charge in [0.05, 0.1) is 10.7 Å². The van der Waals surface area contributed by atoms with E-state index in [0.29, 0.717) is 17.8 Å². The zero-order chi connectivity index (χ0) is 15.2. The first kappa shape index (κ1) is 14.2.